The fourth-order valence-electron chi connectivity index (χ4n) is 3.89. The molecule has 0 N–H and O–H groups in total. The predicted molar refractivity (Wildman–Crippen MR) is 102 cm³/mol. The van der Waals surface area contributed by atoms with Crippen LogP contribution < -0.4 is 0 Å². The highest BCUT2D eigenvalue weighted by atomic mass is 79.9. The third-order valence-corrected chi connectivity index (χ3v) is 5.53. The monoisotopic (exact) mass is 383 g/mol. The molecule has 0 aliphatic carbocycles. The summed E-state index contributed by atoms with van der Waals surface area (Å²) in [5.41, 5.74) is 2.64. The quantitative estimate of drug-likeness (QED) is 0.608. The molecule has 0 radical (unpaired) electrons. The molecule has 0 unspecified atom stereocenters. The van der Waals surface area contributed by atoms with Crippen molar-refractivity contribution in [1.82, 2.24) is 14.5 Å². The number of rotatable bonds is 4. The molecule has 24 heavy (non-hydrogen) atoms. The zero-order chi connectivity index (χ0) is 16.5. The van der Waals surface area contributed by atoms with E-state index in [9.17, 15) is 0 Å². The molecule has 3 aromatic rings. The molecular formula is C20H22BrN3. The van der Waals surface area contributed by atoms with E-state index in [2.05, 4.69) is 86.0 Å². The van der Waals surface area contributed by atoms with Gasteiger partial charge < -0.3 is 4.57 Å². The number of likely N-dealkylation sites (tertiary alicyclic amines) is 1. The molecule has 1 aliphatic rings. The molecule has 0 bridgehead atoms. The van der Waals surface area contributed by atoms with Gasteiger partial charge in [0.1, 0.15) is 4.60 Å². The van der Waals surface area contributed by atoms with E-state index in [4.69, 9.17) is 0 Å². The Hall–Kier alpha value is -1.65. The van der Waals surface area contributed by atoms with Crippen LogP contribution >= 0.6 is 15.9 Å². The van der Waals surface area contributed by atoms with Crippen LogP contribution in [0, 0.1) is 5.92 Å². The molecule has 0 saturated carbocycles. The van der Waals surface area contributed by atoms with Gasteiger partial charge in [0, 0.05) is 37.3 Å². The number of hydrogen-bond donors (Lipinski definition) is 0. The van der Waals surface area contributed by atoms with E-state index in [0.29, 0.717) is 12.0 Å². The van der Waals surface area contributed by atoms with Crippen molar-refractivity contribution in [1.29, 1.82) is 0 Å². The van der Waals surface area contributed by atoms with Gasteiger partial charge in [-0.25, -0.2) is 4.98 Å². The standard InChI is InChI=1S/C20H22BrN3/c1-15-9-17(14-24(15)12-16-5-3-2-4-6-16)13-23-8-7-18-10-20(21)22-11-19(18)23/h2-8,10-11,15,17H,9,12-14H2,1H3/t15-,17+/m1/s1. The molecule has 3 nitrogen and oxygen atoms in total. The van der Waals surface area contributed by atoms with Crippen LogP contribution in [0.3, 0.4) is 0 Å². The number of benzene rings is 1. The lowest BCUT2D eigenvalue weighted by Gasteiger charge is -2.21. The molecule has 2 aromatic heterocycles. The molecule has 4 rings (SSSR count). The number of pyridine rings is 1. The van der Waals surface area contributed by atoms with Gasteiger partial charge in [0.2, 0.25) is 0 Å². The van der Waals surface area contributed by atoms with Crippen LogP contribution in [0.15, 0.2) is 59.5 Å². The maximum atomic E-state index is 4.39. The molecule has 0 amide bonds. The molecule has 2 atom stereocenters. The van der Waals surface area contributed by atoms with E-state index < -0.39 is 0 Å². The summed E-state index contributed by atoms with van der Waals surface area (Å²) in [7, 11) is 0. The summed E-state index contributed by atoms with van der Waals surface area (Å²) < 4.78 is 3.26. The highest BCUT2D eigenvalue weighted by Crippen LogP contribution is 2.28. The number of hydrogen-bond acceptors (Lipinski definition) is 2. The maximum Gasteiger partial charge on any atom is 0.106 e. The minimum atomic E-state index is 0.643. The van der Waals surface area contributed by atoms with Gasteiger partial charge in [-0.05, 0) is 52.9 Å². The van der Waals surface area contributed by atoms with Crippen molar-refractivity contribution in [3.63, 3.8) is 0 Å². The number of halogens is 1. The number of aromatic nitrogens is 2. The normalized spacial score (nSPS) is 21.6. The minimum absolute atomic E-state index is 0.643. The predicted octanol–water partition coefficient (Wildman–Crippen LogP) is 4.71. The Labute approximate surface area is 151 Å². The first-order chi connectivity index (χ1) is 11.7. The minimum Gasteiger partial charge on any atom is -0.346 e. The molecule has 1 aliphatic heterocycles. The summed E-state index contributed by atoms with van der Waals surface area (Å²) in [6.45, 7) is 5.65. The highest BCUT2D eigenvalue weighted by Gasteiger charge is 2.29. The Kier molecular flexibility index (Phi) is 4.42. The van der Waals surface area contributed by atoms with Crippen molar-refractivity contribution in [2.75, 3.05) is 6.54 Å². The third-order valence-electron chi connectivity index (χ3n) is 5.10. The average molecular weight is 384 g/mol. The number of nitrogens with zero attached hydrogens (tertiary/aromatic N) is 3. The Morgan fingerprint density at radius 2 is 2.04 bits per heavy atom. The molecule has 124 valence electrons. The van der Waals surface area contributed by atoms with E-state index >= 15 is 0 Å². The summed E-state index contributed by atoms with van der Waals surface area (Å²) >= 11 is 3.45. The molecule has 1 saturated heterocycles. The molecule has 1 fully saturated rings. The van der Waals surface area contributed by atoms with Gasteiger partial charge in [-0.2, -0.15) is 0 Å². The molecule has 0 spiro atoms. The van der Waals surface area contributed by atoms with Crippen LogP contribution in [0.4, 0.5) is 0 Å². The van der Waals surface area contributed by atoms with Crippen molar-refractivity contribution in [2.45, 2.75) is 32.5 Å². The van der Waals surface area contributed by atoms with Gasteiger partial charge in [-0.1, -0.05) is 30.3 Å². The lowest BCUT2D eigenvalue weighted by molar-refractivity contribution is 0.253. The van der Waals surface area contributed by atoms with Gasteiger partial charge >= 0.3 is 0 Å². The SMILES string of the molecule is C[C@@H]1C[C@@H](Cn2ccc3cc(Br)ncc32)CN1Cc1ccccc1. The van der Waals surface area contributed by atoms with E-state index in [1.54, 1.807) is 0 Å². The topological polar surface area (TPSA) is 21.1 Å². The van der Waals surface area contributed by atoms with Crippen LogP contribution in [0.2, 0.25) is 0 Å². The molecular weight excluding hydrogens is 362 g/mol. The second-order valence-corrected chi connectivity index (χ2v) is 7.71. The van der Waals surface area contributed by atoms with Crippen molar-refractivity contribution < 1.29 is 0 Å². The van der Waals surface area contributed by atoms with Crippen LogP contribution in [0.5, 0.6) is 0 Å². The van der Waals surface area contributed by atoms with Crippen molar-refractivity contribution >= 4 is 26.8 Å². The van der Waals surface area contributed by atoms with Crippen LogP contribution in [-0.2, 0) is 13.1 Å². The zero-order valence-electron chi connectivity index (χ0n) is 13.9. The van der Waals surface area contributed by atoms with Crippen LogP contribution in [-0.4, -0.2) is 27.0 Å². The largest absolute Gasteiger partial charge is 0.346 e. The Morgan fingerprint density at radius 1 is 1.21 bits per heavy atom. The Morgan fingerprint density at radius 3 is 2.88 bits per heavy atom. The fourth-order valence-corrected chi connectivity index (χ4v) is 4.24. The van der Waals surface area contributed by atoms with E-state index in [-0.39, 0.29) is 0 Å². The van der Waals surface area contributed by atoms with Gasteiger partial charge in [0.05, 0.1) is 11.7 Å². The first-order valence-electron chi connectivity index (χ1n) is 8.57. The smallest absolute Gasteiger partial charge is 0.106 e. The summed E-state index contributed by atoms with van der Waals surface area (Å²) in [6, 6.07) is 15.7. The summed E-state index contributed by atoms with van der Waals surface area (Å²) in [5.74, 6) is 0.697. The molecule has 1 aromatic carbocycles. The Bertz CT molecular complexity index is 827. The van der Waals surface area contributed by atoms with E-state index in [0.717, 1.165) is 17.7 Å². The van der Waals surface area contributed by atoms with Gasteiger partial charge in [-0.3, -0.25) is 4.90 Å². The first-order valence-corrected chi connectivity index (χ1v) is 9.37. The van der Waals surface area contributed by atoms with Gasteiger partial charge in [-0.15, -0.1) is 0 Å². The highest BCUT2D eigenvalue weighted by molar-refractivity contribution is 9.10. The Balaban J connectivity index is 1.46. The summed E-state index contributed by atoms with van der Waals surface area (Å²) in [5, 5.41) is 1.25. The van der Waals surface area contributed by atoms with Crippen molar-refractivity contribution in [2.24, 2.45) is 5.92 Å². The second-order valence-electron chi connectivity index (χ2n) is 6.90. The second kappa shape index (κ2) is 6.69. The summed E-state index contributed by atoms with van der Waals surface area (Å²) in [4.78, 5) is 7.00. The zero-order valence-corrected chi connectivity index (χ0v) is 15.5. The van der Waals surface area contributed by atoms with Gasteiger partial charge in [0.25, 0.3) is 0 Å². The van der Waals surface area contributed by atoms with Crippen molar-refractivity contribution in [3.8, 4) is 0 Å². The maximum absolute atomic E-state index is 4.39. The fraction of sp³-hybridized carbons (Fsp3) is 0.350. The lowest BCUT2D eigenvalue weighted by Crippen LogP contribution is -2.26. The third kappa shape index (κ3) is 3.26. The number of fused-ring (bicyclic) bond motifs is 1. The average Bonchev–Trinajstić information content (AvgIpc) is 3.12. The van der Waals surface area contributed by atoms with Crippen LogP contribution in [0.1, 0.15) is 18.9 Å². The van der Waals surface area contributed by atoms with E-state index in [1.807, 2.05) is 6.20 Å². The van der Waals surface area contributed by atoms with Crippen molar-refractivity contribution in [3.05, 3.63) is 65.0 Å². The van der Waals surface area contributed by atoms with Crippen LogP contribution in [0.25, 0.3) is 10.9 Å². The summed E-state index contributed by atoms with van der Waals surface area (Å²) in [6.07, 6.45) is 5.43. The molecule has 3 heterocycles. The van der Waals surface area contributed by atoms with Gasteiger partial charge in [0.15, 0.2) is 0 Å². The van der Waals surface area contributed by atoms with E-state index in [1.165, 1.54) is 29.4 Å². The lowest BCUT2D eigenvalue weighted by atomic mass is 10.1. The first kappa shape index (κ1) is 15.9. The molecule has 4 heteroatoms.